The Kier molecular flexibility index (Phi) is 3.74. The highest BCUT2D eigenvalue weighted by molar-refractivity contribution is 5.23. The van der Waals surface area contributed by atoms with E-state index in [1.807, 2.05) is 0 Å². The maximum atomic E-state index is 13.2. The maximum Gasteiger partial charge on any atom is 0.165 e. The summed E-state index contributed by atoms with van der Waals surface area (Å²) in [5.74, 6) is -0.0746. The zero-order valence-corrected chi connectivity index (χ0v) is 9.03. The van der Waals surface area contributed by atoms with Gasteiger partial charge in [0.25, 0.3) is 0 Å². The lowest BCUT2D eigenvalue weighted by Crippen LogP contribution is -2.42. The maximum absolute atomic E-state index is 13.2. The average molecular weight is 225 g/mol. The highest BCUT2D eigenvalue weighted by Gasteiger charge is 2.23. The van der Waals surface area contributed by atoms with Gasteiger partial charge in [-0.05, 0) is 25.1 Å². The first-order chi connectivity index (χ1) is 7.77. The van der Waals surface area contributed by atoms with Crippen LogP contribution in [0.15, 0.2) is 24.3 Å². The largest absolute Gasteiger partial charge is 0.490 e. The minimum absolute atomic E-state index is 0.0355. The third-order valence-corrected chi connectivity index (χ3v) is 2.86. The number of nitrogens with one attached hydrogen (secondary N) is 1. The molecule has 2 atom stereocenters. The lowest BCUT2D eigenvalue weighted by Gasteiger charge is -2.28. The highest BCUT2D eigenvalue weighted by Crippen LogP contribution is 2.18. The van der Waals surface area contributed by atoms with Crippen LogP contribution >= 0.6 is 0 Å². The lowest BCUT2D eigenvalue weighted by molar-refractivity contribution is 0.0501. The molecule has 1 heterocycles. The fourth-order valence-corrected chi connectivity index (χ4v) is 1.84. The molecule has 2 rings (SSSR count). The fourth-order valence-electron chi connectivity index (χ4n) is 1.84. The summed E-state index contributed by atoms with van der Waals surface area (Å²) in [5, 5.41) is 12.9. The molecule has 0 amide bonds. The van der Waals surface area contributed by atoms with Gasteiger partial charge < -0.3 is 15.2 Å². The molecule has 2 N–H and O–H groups in total. The summed E-state index contributed by atoms with van der Waals surface area (Å²) < 4.78 is 18.6. The number of benzene rings is 1. The average Bonchev–Trinajstić information content (AvgIpc) is 2.30. The zero-order chi connectivity index (χ0) is 11.4. The molecule has 0 aromatic heterocycles. The normalized spacial score (nSPS) is 25.4. The first-order valence-electron chi connectivity index (χ1n) is 5.53. The Morgan fingerprint density at radius 3 is 3.00 bits per heavy atom. The molecule has 1 aromatic carbocycles. The second kappa shape index (κ2) is 5.27. The van der Waals surface area contributed by atoms with Crippen LogP contribution in [0.2, 0.25) is 0 Å². The van der Waals surface area contributed by atoms with Crippen molar-refractivity contribution in [3.63, 3.8) is 0 Å². The van der Waals surface area contributed by atoms with E-state index in [-0.39, 0.29) is 23.6 Å². The molecule has 1 aliphatic heterocycles. The second-order valence-electron chi connectivity index (χ2n) is 4.06. The quantitative estimate of drug-likeness (QED) is 0.811. The molecule has 88 valence electrons. The second-order valence-corrected chi connectivity index (χ2v) is 4.06. The van der Waals surface area contributed by atoms with Crippen molar-refractivity contribution in [1.29, 1.82) is 0 Å². The van der Waals surface area contributed by atoms with Gasteiger partial charge in [-0.15, -0.1) is 0 Å². The van der Waals surface area contributed by atoms with Gasteiger partial charge in [-0.1, -0.05) is 12.1 Å². The Morgan fingerprint density at radius 2 is 2.25 bits per heavy atom. The smallest absolute Gasteiger partial charge is 0.165 e. The summed E-state index contributed by atoms with van der Waals surface area (Å²) in [6.45, 7) is 1.89. The predicted octanol–water partition coefficient (Wildman–Crippen LogP) is 1.17. The molecule has 1 aromatic rings. The molecule has 0 aliphatic carbocycles. The van der Waals surface area contributed by atoms with E-state index in [0.717, 1.165) is 19.5 Å². The topological polar surface area (TPSA) is 41.5 Å². The Hall–Kier alpha value is -1.13. The van der Waals surface area contributed by atoms with Gasteiger partial charge in [-0.2, -0.15) is 0 Å². The van der Waals surface area contributed by atoms with E-state index in [9.17, 15) is 9.50 Å². The summed E-state index contributed by atoms with van der Waals surface area (Å²) >= 11 is 0. The van der Waals surface area contributed by atoms with E-state index >= 15 is 0 Å². The predicted molar refractivity (Wildman–Crippen MR) is 58.9 cm³/mol. The molecule has 1 saturated heterocycles. The lowest BCUT2D eigenvalue weighted by atomic mass is 9.97. The van der Waals surface area contributed by atoms with Gasteiger partial charge in [-0.25, -0.2) is 4.39 Å². The number of aliphatic hydroxyl groups is 1. The van der Waals surface area contributed by atoms with Crippen LogP contribution in [-0.2, 0) is 0 Å². The van der Waals surface area contributed by atoms with Crippen LogP contribution in [-0.4, -0.2) is 30.9 Å². The molecular weight excluding hydrogens is 209 g/mol. The van der Waals surface area contributed by atoms with Gasteiger partial charge in [0, 0.05) is 12.5 Å². The Bertz CT molecular complexity index is 346. The number of piperidine rings is 1. The summed E-state index contributed by atoms with van der Waals surface area (Å²) in [7, 11) is 0. The van der Waals surface area contributed by atoms with Crippen LogP contribution in [0.3, 0.4) is 0 Å². The van der Waals surface area contributed by atoms with Crippen LogP contribution in [0.4, 0.5) is 4.39 Å². The van der Waals surface area contributed by atoms with Gasteiger partial charge in [0.2, 0.25) is 0 Å². The molecule has 0 saturated carbocycles. The molecule has 1 aliphatic rings. The summed E-state index contributed by atoms with van der Waals surface area (Å²) in [6.07, 6.45) is 0.374. The molecule has 0 unspecified atom stereocenters. The SMILES string of the molecule is O[C@H]1CCNC[C@@H]1COc1ccccc1F. The molecule has 0 bridgehead atoms. The van der Waals surface area contributed by atoms with Gasteiger partial charge in [0.1, 0.15) is 0 Å². The molecule has 3 nitrogen and oxygen atoms in total. The molecular formula is C12H16FNO2. The number of aliphatic hydroxyl groups excluding tert-OH is 1. The number of rotatable bonds is 3. The third-order valence-electron chi connectivity index (χ3n) is 2.86. The summed E-state index contributed by atoms with van der Waals surface area (Å²) in [5.41, 5.74) is 0. The van der Waals surface area contributed by atoms with Crippen molar-refractivity contribution in [1.82, 2.24) is 5.32 Å². The first kappa shape index (κ1) is 11.4. The zero-order valence-electron chi connectivity index (χ0n) is 9.03. The van der Waals surface area contributed by atoms with Crippen LogP contribution in [0.1, 0.15) is 6.42 Å². The fraction of sp³-hybridized carbons (Fsp3) is 0.500. The number of hydrogen-bond donors (Lipinski definition) is 2. The van der Waals surface area contributed by atoms with Crippen LogP contribution in [0.5, 0.6) is 5.75 Å². The molecule has 0 spiro atoms. The first-order valence-corrected chi connectivity index (χ1v) is 5.53. The molecule has 0 radical (unpaired) electrons. The number of para-hydroxylation sites is 1. The number of halogens is 1. The Balaban J connectivity index is 1.89. The Labute approximate surface area is 94.2 Å². The third kappa shape index (κ3) is 2.71. The van der Waals surface area contributed by atoms with Gasteiger partial charge in [-0.3, -0.25) is 0 Å². The number of hydrogen-bond acceptors (Lipinski definition) is 3. The minimum Gasteiger partial charge on any atom is -0.490 e. The Morgan fingerprint density at radius 1 is 1.44 bits per heavy atom. The van der Waals surface area contributed by atoms with E-state index in [2.05, 4.69) is 5.32 Å². The van der Waals surface area contributed by atoms with Gasteiger partial charge in [0.05, 0.1) is 12.7 Å². The number of ether oxygens (including phenoxy) is 1. The van der Waals surface area contributed by atoms with E-state index in [1.54, 1.807) is 18.2 Å². The molecule has 4 heteroatoms. The van der Waals surface area contributed by atoms with Crippen molar-refractivity contribution in [2.45, 2.75) is 12.5 Å². The van der Waals surface area contributed by atoms with E-state index in [4.69, 9.17) is 4.74 Å². The van der Waals surface area contributed by atoms with Crippen molar-refractivity contribution in [3.05, 3.63) is 30.1 Å². The van der Waals surface area contributed by atoms with Crippen LogP contribution in [0.25, 0.3) is 0 Å². The van der Waals surface area contributed by atoms with Gasteiger partial charge in [0.15, 0.2) is 11.6 Å². The van der Waals surface area contributed by atoms with E-state index < -0.39 is 0 Å². The van der Waals surface area contributed by atoms with Crippen molar-refractivity contribution in [2.24, 2.45) is 5.92 Å². The van der Waals surface area contributed by atoms with Crippen molar-refractivity contribution >= 4 is 0 Å². The highest BCUT2D eigenvalue weighted by atomic mass is 19.1. The van der Waals surface area contributed by atoms with Gasteiger partial charge >= 0.3 is 0 Å². The molecule has 1 fully saturated rings. The summed E-state index contributed by atoms with van der Waals surface area (Å²) in [4.78, 5) is 0. The van der Waals surface area contributed by atoms with E-state index in [0.29, 0.717) is 6.61 Å². The van der Waals surface area contributed by atoms with Crippen LogP contribution < -0.4 is 10.1 Å². The van der Waals surface area contributed by atoms with E-state index in [1.165, 1.54) is 6.07 Å². The minimum atomic E-state index is -0.360. The van der Waals surface area contributed by atoms with Crippen molar-refractivity contribution < 1.29 is 14.2 Å². The standard InChI is InChI=1S/C12H16FNO2/c13-10-3-1-2-4-12(10)16-8-9-7-14-6-5-11(9)15/h1-4,9,11,14-15H,5-8H2/t9-,11+/m1/s1. The molecule has 16 heavy (non-hydrogen) atoms. The summed E-state index contributed by atoms with van der Waals surface area (Å²) in [6, 6.07) is 6.32. The monoisotopic (exact) mass is 225 g/mol. The van der Waals surface area contributed by atoms with Crippen molar-refractivity contribution in [2.75, 3.05) is 19.7 Å². The van der Waals surface area contributed by atoms with Crippen molar-refractivity contribution in [3.8, 4) is 5.75 Å². The van der Waals surface area contributed by atoms with Crippen LogP contribution in [0, 0.1) is 11.7 Å².